The Bertz CT molecular complexity index is 1650. The van der Waals surface area contributed by atoms with Crippen molar-refractivity contribution in [2.75, 3.05) is 19.0 Å². The lowest BCUT2D eigenvalue weighted by Crippen LogP contribution is -2.23. The van der Waals surface area contributed by atoms with Gasteiger partial charge in [-0.05, 0) is 74.4 Å². The zero-order valence-electron chi connectivity index (χ0n) is 23.8. The third-order valence-electron chi connectivity index (χ3n) is 8.08. The Kier molecular flexibility index (Phi) is 7.27. The molecular formula is C34H32FNO5S. The van der Waals surface area contributed by atoms with E-state index in [2.05, 4.69) is 5.32 Å². The van der Waals surface area contributed by atoms with E-state index in [9.17, 15) is 14.0 Å². The van der Waals surface area contributed by atoms with Crippen LogP contribution in [0.25, 0.3) is 21.6 Å². The molecule has 2 aliphatic rings. The Hall–Kier alpha value is -4.17. The number of carbonyl (C=O) groups is 2. The van der Waals surface area contributed by atoms with Crippen LogP contribution in [0, 0.1) is 12.7 Å². The smallest absolute Gasteiger partial charge is 0.412 e. The average Bonchev–Trinajstić information content (AvgIpc) is 3.92. The number of thiophene rings is 1. The molecule has 216 valence electrons. The van der Waals surface area contributed by atoms with E-state index in [0.717, 1.165) is 44.8 Å². The maximum atomic E-state index is 14.4. The van der Waals surface area contributed by atoms with E-state index in [1.54, 1.807) is 36.6 Å². The van der Waals surface area contributed by atoms with Gasteiger partial charge < -0.3 is 14.2 Å². The van der Waals surface area contributed by atoms with Crippen molar-refractivity contribution < 1.29 is 28.2 Å². The highest BCUT2D eigenvalue weighted by molar-refractivity contribution is 7.16. The first-order valence-corrected chi connectivity index (χ1v) is 14.9. The first-order chi connectivity index (χ1) is 20.3. The lowest BCUT2D eigenvalue weighted by Gasteiger charge is -2.18. The summed E-state index contributed by atoms with van der Waals surface area (Å²) in [5.74, 6) is 0.157. The number of methoxy groups -OCH3 is 1. The van der Waals surface area contributed by atoms with E-state index in [4.69, 9.17) is 14.2 Å². The lowest BCUT2D eigenvalue weighted by molar-refractivity contribution is -0.146. The van der Waals surface area contributed by atoms with Gasteiger partial charge in [-0.2, -0.15) is 0 Å². The molecule has 0 unspecified atom stereocenters. The van der Waals surface area contributed by atoms with Gasteiger partial charge in [0.25, 0.3) is 0 Å². The van der Waals surface area contributed by atoms with Gasteiger partial charge in [0.1, 0.15) is 17.2 Å². The molecule has 6 rings (SSSR count). The lowest BCUT2D eigenvalue weighted by atomic mass is 9.93. The summed E-state index contributed by atoms with van der Waals surface area (Å²) in [5, 5.41) is 2.89. The van der Waals surface area contributed by atoms with Crippen molar-refractivity contribution in [3.8, 4) is 27.3 Å². The summed E-state index contributed by atoms with van der Waals surface area (Å²) in [6.45, 7) is 4.17. The first-order valence-electron chi connectivity index (χ1n) is 14.1. The van der Waals surface area contributed by atoms with Crippen LogP contribution in [-0.4, -0.2) is 25.8 Å². The first kappa shape index (κ1) is 28.0. The summed E-state index contributed by atoms with van der Waals surface area (Å²) < 4.78 is 31.3. The SMILES string of the molecule is CCOC(=O)C1(c2ccc(-c3ccc(-c4sc(C)cc4NC(=O)OC4(c5ccccc5F)CC4)cc3OC)cc2)CC1. The zero-order valence-corrected chi connectivity index (χ0v) is 24.6. The maximum Gasteiger partial charge on any atom is 0.412 e. The van der Waals surface area contributed by atoms with Crippen LogP contribution in [0.4, 0.5) is 14.9 Å². The van der Waals surface area contributed by atoms with Crippen molar-refractivity contribution in [3.63, 3.8) is 0 Å². The molecule has 0 spiro atoms. The van der Waals surface area contributed by atoms with Crippen LogP contribution in [-0.2, 0) is 25.3 Å². The second-order valence-electron chi connectivity index (χ2n) is 10.9. The van der Waals surface area contributed by atoms with Gasteiger partial charge in [0.15, 0.2) is 0 Å². The number of hydrogen-bond acceptors (Lipinski definition) is 6. The third-order valence-corrected chi connectivity index (χ3v) is 9.18. The summed E-state index contributed by atoms with van der Waals surface area (Å²) in [4.78, 5) is 27.4. The van der Waals surface area contributed by atoms with Gasteiger partial charge in [-0.3, -0.25) is 10.1 Å². The van der Waals surface area contributed by atoms with E-state index in [0.29, 0.717) is 36.4 Å². The standard InChI is InChI=1S/C34H32FNO5S/c1-4-40-31(37)33(15-16-33)24-12-9-22(10-13-24)25-14-11-23(20-29(25)39-3)30-28(19-21(2)42-30)36-32(38)41-34(17-18-34)26-7-5-6-8-27(26)35/h5-14,19-20H,4,15-18H2,1-3H3,(H,36,38). The van der Waals surface area contributed by atoms with Crippen molar-refractivity contribution in [3.05, 3.63) is 94.6 Å². The third kappa shape index (κ3) is 5.15. The molecule has 1 N–H and O–H groups in total. The summed E-state index contributed by atoms with van der Waals surface area (Å²) >= 11 is 1.55. The summed E-state index contributed by atoms with van der Waals surface area (Å²) in [6, 6.07) is 22.3. The molecule has 4 aromatic rings. The number of benzene rings is 3. The van der Waals surface area contributed by atoms with Crippen molar-refractivity contribution >= 4 is 29.1 Å². The van der Waals surface area contributed by atoms with Crippen molar-refractivity contribution in [2.24, 2.45) is 0 Å². The van der Waals surface area contributed by atoms with Gasteiger partial charge in [0, 0.05) is 16.0 Å². The van der Waals surface area contributed by atoms with Gasteiger partial charge in [-0.15, -0.1) is 11.3 Å². The number of rotatable bonds is 9. The fraction of sp³-hybridized carbons (Fsp3) is 0.294. The molecule has 1 amide bonds. The van der Waals surface area contributed by atoms with E-state index in [1.807, 2.05) is 62.4 Å². The van der Waals surface area contributed by atoms with Crippen molar-refractivity contribution in [1.29, 1.82) is 0 Å². The quantitative estimate of drug-likeness (QED) is 0.200. The number of amides is 1. The Morgan fingerprint density at radius 3 is 2.31 bits per heavy atom. The molecule has 1 heterocycles. The Balaban J connectivity index is 1.22. The Morgan fingerprint density at radius 2 is 1.67 bits per heavy atom. The number of hydrogen-bond donors (Lipinski definition) is 1. The molecule has 2 fully saturated rings. The summed E-state index contributed by atoms with van der Waals surface area (Å²) in [7, 11) is 1.63. The number of halogens is 1. The molecule has 0 saturated heterocycles. The zero-order chi connectivity index (χ0) is 29.5. The monoisotopic (exact) mass is 585 g/mol. The van der Waals surface area contributed by atoms with E-state index in [1.165, 1.54) is 6.07 Å². The molecule has 2 saturated carbocycles. The molecule has 0 bridgehead atoms. The predicted molar refractivity (Wildman–Crippen MR) is 161 cm³/mol. The molecule has 6 nitrogen and oxygen atoms in total. The summed E-state index contributed by atoms with van der Waals surface area (Å²) in [6.07, 6.45) is 2.16. The van der Waals surface area contributed by atoms with Crippen LogP contribution >= 0.6 is 11.3 Å². The second-order valence-corrected chi connectivity index (χ2v) is 12.1. The Labute approximate surface area is 248 Å². The maximum absolute atomic E-state index is 14.4. The van der Waals surface area contributed by atoms with E-state index < -0.39 is 17.1 Å². The number of ether oxygens (including phenoxy) is 3. The molecule has 1 aromatic heterocycles. The number of anilines is 1. The summed E-state index contributed by atoms with van der Waals surface area (Å²) in [5.41, 5.74) is 3.33. The Morgan fingerprint density at radius 1 is 0.952 bits per heavy atom. The highest BCUT2D eigenvalue weighted by Crippen LogP contribution is 2.51. The van der Waals surface area contributed by atoms with Crippen molar-refractivity contribution in [1.82, 2.24) is 0 Å². The minimum absolute atomic E-state index is 0.154. The van der Waals surface area contributed by atoms with Crippen LogP contribution < -0.4 is 10.1 Å². The van der Waals surface area contributed by atoms with E-state index in [-0.39, 0.29) is 11.8 Å². The molecule has 2 aliphatic carbocycles. The van der Waals surface area contributed by atoms with Gasteiger partial charge in [0.2, 0.25) is 0 Å². The minimum atomic E-state index is -0.920. The number of aryl methyl sites for hydroxylation is 1. The fourth-order valence-electron chi connectivity index (χ4n) is 5.55. The van der Waals surface area contributed by atoms with Gasteiger partial charge in [-0.1, -0.05) is 54.6 Å². The van der Waals surface area contributed by atoms with Crippen LogP contribution in [0.1, 0.15) is 48.6 Å². The predicted octanol–water partition coefficient (Wildman–Crippen LogP) is 8.37. The molecular weight excluding hydrogens is 553 g/mol. The second kappa shape index (κ2) is 10.9. The molecule has 3 aromatic carbocycles. The van der Waals surface area contributed by atoms with Crippen LogP contribution in [0.2, 0.25) is 0 Å². The molecule has 0 radical (unpaired) electrons. The average molecular weight is 586 g/mol. The minimum Gasteiger partial charge on any atom is -0.496 e. The highest BCUT2D eigenvalue weighted by Gasteiger charge is 2.53. The molecule has 42 heavy (non-hydrogen) atoms. The van der Waals surface area contributed by atoms with Crippen LogP contribution in [0.3, 0.4) is 0 Å². The number of nitrogens with one attached hydrogen (secondary N) is 1. The highest BCUT2D eigenvalue weighted by atomic mass is 32.1. The van der Waals surface area contributed by atoms with Gasteiger partial charge >= 0.3 is 12.1 Å². The largest absolute Gasteiger partial charge is 0.496 e. The van der Waals surface area contributed by atoms with Crippen molar-refractivity contribution in [2.45, 2.75) is 50.5 Å². The molecule has 0 atom stereocenters. The number of carbonyl (C=O) groups excluding carboxylic acids is 2. The van der Waals surface area contributed by atoms with Gasteiger partial charge in [0.05, 0.1) is 29.7 Å². The molecule has 0 aliphatic heterocycles. The topological polar surface area (TPSA) is 73.9 Å². The fourth-order valence-corrected chi connectivity index (χ4v) is 6.51. The van der Waals surface area contributed by atoms with Crippen LogP contribution in [0.5, 0.6) is 5.75 Å². The van der Waals surface area contributed by atoms with Gasteiger partial charge in [-0.25, -0.2) is 9.18 Å². The van der Waals surface area contributed by atoms with E-state index >= 15 is 0 Å². The normalized spacial score (nSPS) is 15.9. The molecule has 8 heteroatoms. The van der Waals surface area contributed by atoms with Crippen LogP contribution in [0.15, 0.2) is 72.8 Å². The number of esters is 1.